The fourth-order valence-corrected chi connectivity index (χ4v) is 2.72. The van der Waals surface area contributed by atoms with Crippen LogP contribution in [0.4, 0.5) is 0 Å². The summed E-state index contributed by atoms with van der Waals surface area (Å²) >= 11 is 0. The van der Waals surface area contributed by atoms with Crippen molar-refractivity contribution >= 4 is 5.91 Å². The van der Waals surface area contributed by atoms with Crippen molar-refractivity contribution < 1.29 is 9.53 Å². The number of para-hydroxylation sites is 1. The number of ether oxygens (including phenoxy) is 1. The van der Waals surface area contributed by atoms with E-state index in [4.69, 9.17) is 4.74 Å². The molecule has 0 spiro atoms. The summed E-state index contributed by atoms with van der Waals surface area (Å²) < 4.78 is 7.71. The van der Waals surface area contributed by atoms with Gasteiger partial charge in [-0.05, 0) is 25.0 Å². The molecule has 5 heteroatoms. The summed E-state index contributed by atoms with van der Waals surface area (Å²) in [7, 11) is 0. The third-order valence-corrected chi connectivity index (χ3v) is 3.86. The van der Waals surface area contributed by atoms with E-state index >= 15 is 0 Å². The number of amides is 1. The second-order valence-electron chi connectivity index (χ2n) is 5.56. The van der Waals surface area contributed by atoms with Crippen LogP contribution >= 0.6 is 0 Å². The van der Waals surface area contributed by atoms with Gasteiger partial charge in [-0.1, -0.05) is 18.2 Å². The number of imidazole rings is 1. The van der Waals surface area contributed by atoms with Crippen molar-refractivity contribution in [1.29, 1.82) is 0 Å². The van der Waals surface area contributed by atoms with Crippen molar-refractivity contribution in [2.24, 2.45) is 0 Å². The molecule has 3 rings (SSSR count). The highest BCUT2D eigenvalue weighted by molar-refractivity contribution is 5.76. The first kappa shape index (κ1) is 14.6. The molecule has 0 saturated heterocycles. The lowest BCUT2D eigenvalue weighted by Crippen LogP contribution is -2.40. The van der Waals surface area contributed by atoms with E-state index in [-0.39, 0.29) is 11.9 Å². The van der Waals surface area contributed by atoms with Gasteiger partial charge in [-0.3, -0.25) is 4.79 Å². The standard InChI is InChI=1S/C17H21N3O2/c21-17(7-4-12-22-15-5-2-1-3-6-15)19-14-8-9-16-18-10-11-20(16)13-14/h1-3,5-6,10-11,14H,4,7-9,12-13H2,(H,19,21). The molecule has 22 heavy (non-hydrogen) atoms. The van der Waals surface area contributed by atoms with Crippen molar-refractivity contribution in [1.82, 2.24) is 14.9 Å². The first-order valence-electron chi connectivity index (χ1n) is 7.78. The molecule has 1 aromatic heterocycles. The summed E-state index contributed by atoms with van der Waals surface area (Å²) in [6.45, 7) is 1.38. The number of hydrogen-bond acceptors (Lipinski definition) is 3. The van der Waals surface area contributed by atoms with Crippen molar-refractivity contribution in [3.63, 3.8) is 0 Å². The van der Waals surface area contributed by atoms with Gasteiger partial charge in [-0.2, -0.15) is 0 Å². The zero-order valence-electron chi connectivity index (χ0n) is 12.6. The molecule has 0 radical (unpaired) electrons. The van der Waals surface area contributed by atoms with Gasteiger partial charge in [0.05, 0.1) is 6.61 Å². The van der Waals surface area contributed by atoms with E-state index in [1.54, 1.807) is 0 Å². The van der Waals surface area contributed by atoms with Gasteiger partial charge in [0.25, 0.3) is 0 Å². The molecule has 0 aliphatic carbocycles. The monoisotopic (exact) mass is 299 g/mol. The molecule has 1 unspecified atom stereocenters. The van der Waals surface area contributed by atoms with Crippen molar-refractivity contribution in [2.75, 3.05) is 6.61 Å². The SMILES string of the molecule is O=C(CCCOc1ccccc1)NC1CCc2nccn2C1. The van der Waals surface area contributed by atoms with Crippen molar-refractivity contribution in [3.8, 4) is 5.75 Å². The van der Waals surface area contributed by atoms with Gasteiger partial charge in [0.1, 0.15) is 11.6 Å². The summed E-state index contributed by atoms with van der Waals surface area (Å²) in [4.78, 5) is 16.3. The average Bonchev–Trinajstić information content (AvgIpc) is 3.00. The first-order valence-corrected chi connectivity index (χ1v) is 7.78. The Bertz CT molecular complexity index is 609. The highest BCUT2D eigenvalue weighted by atomic mass is 16.5. The molecule has 2 heterocycles. The van der Waals surface area contributed by atoms with Crippen LogP contribution in [0.2, 0.25) is 0 Å². The predicted molar refractivity (Wildman–Crippen MR) is 83.6 cm³/mol. The lowest BCUT2D eigenvalue weighted by Gasteiger charge is -2.24. The quantitative estimate of drug-likeness (QED) is 0.832. The minimum absolute atomic E-state index is 0.102. The van der Waals surface area contributed by atoms with Crippen LogP contribution in [0.5, 0.6) is 5.75 Å². The van der Waals surface area contributed by atoms with E-state index in [2.05, 4.69) is 14.9 Å². The Balaban J connectivity index is 1.35. The topological polar surface area (TPSA) is 56.1 Å². The summed E-state index contributed by atoms with van der Waals surface area (Å²) in [5, 5.41) is 3.11. The number of carbonyl (C=O) groups excluding carboxylic acids is 1. The van der Waals surface area contributed by atoms with Crippen LogP contribution < -0.4 is 10.1 Å². The summed E-state index contributed by atoms with van der Waals surface area (Å²) in [5.41, 5.74) is 0. The highest BCUT2D eigenvalue weighted by Gasteiger charge is 2.19. The third-order valence-electron chi connectivity index (χ3n) is 3.86. The summed E-state index contributed by atoms with van der Waals surface area (Å²) in [6.07, 6.45) is 6.91. The molecule has 0 fully saturated rings. The molecule has 1 aliphatic rings. The number of hydrogen-bond donors (Lipinski definition) is 1. The van der Waals surface area contributed by atoms with Gasteiger partial charge < -0.3 is 14.6 Å². The Labute approximate surface area is 130 Å². The molecule has 0 bridgehead atoms. The summed E-state index contributed by atoms with van der Waals surface area (Å²) in [5.74, 6) is 2.06. The molecule has 0 saturated carbocycles. The highest BCUT2D eigenvalue weighted by Crippen LogP contribution is 2.13. The molecule has 2 aromatic rings. The normalized spacial score (nSPS) is 16.8. The zero-order chi connectivity index (χ0) is 15.2. The molecule has 1 amide bonds. The van der Waals surface area contributed by atoms with E-state index < -0.39 is 0 Å². The van der Waals surface area contributed by atoms with E-state index in [0.29, 0.717) is 13.0 Å². The second kappa shape index (κ2) is 7.11. The van der Waals surface area contributed by atoms with Crippen LogP contribution in [-0.4, -0.2) is 28.1 Å². The van der Waals surface area contributed by atoms with Crippen LogP contribution in [0, 0.1) is 0 Å². The van der Waals surface area contributed by atoms with E-state index in [9.17, 15) is 4.79 Å². The number of fused-ring (bicyclic) bond motifs is 1. The number of carbonyl (C=O) groups is 1. The van der Waals surface area contributed by atoms with Crippen LogP contribution in [-0.2, 0) is 17.8 Å². The Morgan fingerprint density at radius 1 is 1.36 bits per heavy atom. The zero-order valence-corrected chi connectivity index (χ0v) is 12.6. The van der Waals surface area contributed by atoms with Crippen LogP contribution in [0.1, 0.15) is 25.1 Å². The fraction of sp³-hybridized carbons (Fsp3) is 0.412. The summed E-state index contributed by atoms with van der Waals surface area (Å²) in [6, 6.07) is 9.89. The molecule has 1 aliphatic heterocycles. The maximum atomic E-state index is 12.0. The minimum Gasteiger partial charge on any atom is -0.494 e. The number of aromatic nitrogens is 2. The minimum atomic E-state index is 0.102. The largest absolute Gasteiger partial charge is 0.494 e. The van der Waals surface area contributed by atoms with Gasteiger partial charge in [0, 0.05) is 37.8 Å². The van der Waals surface area contributed by atoms with E-state index in [1.165, 1.54) is 0 Å². The molecular weight excluding hydrogens is 278 g/mol. The molecular formula is C17H21N3O2. The van der Waals surface area contributed by atoms with Crippen molar-refractivity contribution in [2.45, 2.75) is 38.3 Å². The van der Waals surface area contributed by atoms with E-state index in [1.807, 2.05) is 42.7 Å². The molecule has 1 aromatic carbocycles. The van der Waals surface area contributed by atoms with Gasteiger partial charge in [-0.15, -0.1) is 0 Å². The second-order valence-corrected chi connectivity index (χ2v) is 5.56. The van der Waals surface area contributed by atoms with Crippen LogP contribution in [0.25, 0.3) is 0 Å². The Hall–Kier alpha value is -2.30. The number of aryl methyl sites for hydroxylation is 1. The maximum absolute atomic E-state index is 12.0. The number of benzene rings is 1. The van der Waals surface area contributed by atoms with Gasteiger partial charge in [0.15, 0.2) is 0 Å². The Kier molecular flexibility index (Phi) is 4.73. The molecule has 1 N–H and O–H groups in total. The lowest BCUT2D eigenvalue weighted by atomic mass is 10.1. The number of nitrogens with zero attached hydrogens (tertiary/aromatic N) is 2. The molecule has 5 nitrogen and oxygen atoms in total. The predicted octanol–water partition coefficient (Wildman–Crippen LogP) is 2.17. The van der Waals surface area contributed by atoms with Gasteiger partial charge in [-0.25, -0.2) is 4.98 Å². The number of rotatable bonds is 6. The van der Waals surface area contributed by atoms with Gasteiger partial charge >= 0.3 is 0 Å². The van der Waals surface area contributed by atoms with Gasteiger partial charge in [0.2, 0.25) is 5.91 Å². The first-order chi connectivity index (χ1) is 10.8. The molecule has 1 atom stereocenters. The lowest BCUT2D eigenvalue weighted by molar-refractivity contribution is -0.122. The van der Waals surface area contributed by atoms with Crippen LogP contribution in [0.15, 0.2) is 42.7 Å². The van der Waals surface area contributed by atoms with Crippen molar-refractivity contribution in [3.05, 3.63) is 48.5 Å². The third kappa shape index (κ3) is 3.87. The molecule has 116 valence electrons. The van der Waals surface area contributed by atoms with E-state index in [0.717, 1.165) is 37.4 Å². The number of nitrogens with one attached hydrogen (secondary N) is 1. The average molecular weight is 299 g/mol. The maximum Gasteiger partial charge on any atom is 0.220 e. The smallest absolute Gasteiger partial charge is 0.220 e. The van der Waals surface area contributed by atoms with Crippen LogP contribution in [0.3, 0.4) is 0 Å². The Morgan fingerprint density at radius 3 is 3.09 bits per heavy atom. The Morgan fingerprint density at radius 2 is 2.23 bits per heavy atom. The fourth-order valence-electron chi connectivity index (χ4n) is 2.72.